The summed E-state index contributed by atoms with van der Waals surface area (Å²) < 4.78 is 5.94. The van der Waals surface area contributed by atoms with Crippen molar-refractivity contribution in [1.82, 2.24) is 0 Å². The van der Waals surface area contributed by atoms with Crippen LogP contribution in [0.25, 0.3) is 11.0 Å². The maximum absolute atomic E-state index is 6.51. The lowest BCUT2D eigenvalue weighted by molar-refractivity contribution is 0.410. The summed E-state index contributed by atoms with van der Waals surface area (Å²) in [4.78, 5) is 0. The predicted octanol–water partition coefficient (Wildman–Crippen LogP) is 4.04. The van der Waals surface area contributed by atoms with Gasteiger partial charge in [-0.25, -0.2) is 0 Å². The van der Waals surface area contributed by atoms with Gasteiger partial charge in [0.1, 0.15) is 11.3 Å². The Labute approximate surface area is 108 Å². The van der Waals surface area contributed by atoms with E-state index < -0.39 is 0 Å². The van der Waals surface area contributed by atoms with Crippen LogP contribution in [0.3, 0.4) is 0 Å². The van der Waals surface area contributed by atoms with E-state index in [0.29, 0.717) is 5.92 Å². The molecular formula is C16H21NO. The molecule has 0 aliphatic heterocycles. The molecule has 0 spiro atoms. The van der Waals surface area contributed by atoms with Crippen LogP contribution in [0.15, 0.2) is 28.7 Å². The summed E-state index contributed by atoms with van der Waals surface area (Å²) in [7, 11) is 0. The van der Waals surface area contributed by atoms with Gasteiger partial charge in [-0.2, -0.15) is 0 Å². The number of hydrogen-bond donors (Lipinski definition) is 1. The van der Waals surface area contributed by atoms with Gasteiger partial charge < -0.3 is 10.2 Å². The number of para-hydroxylation sites is 1. The van der Waals surface area contributed by atoms with Gasteiger partial charge in [0.2, 0.25) is 0 Å². The molecule has 1 heterocycles. The Morgan fingerprint density at radius 1 is 1.33 bits per heavy atom. The average Bonchev–Trinajstić information content (AvgIpc) is 3.17. The second-order valence-electron chi connectivity index (χ2n) is 5.51. The molecule has 3 rings (SSSR count). The second-order valence-corrected chi connectivity index (χ2v) is 5.51. The number of aryl methyl sites for hydroxylation is 1. The van der Waals surface area contributed by atoms with Gasteiger partial charge in [-0.15, -0.1) is 0 Å². The Bertz CT molecular complexity index is 553. The lowest BCUT2D eigenvalue weighted by Gasteiger charge is -2.20. The third-order valence-electron chi connectivity index (χ3n) is 4.30. The monoisotopic (exact) mass is 243 g/mol. The molecule has 18 heavy (non-hydrogen) atoms. The predicted molar refractivity (Wildman–Crippen MR) is 74.4 cm³/mol. The van der Waals surface area contributed by atoms with Gasteiger partial charge in [0, 0.05) is 23.4 Å². The fourth-order valence-corrected chi connectivity index (χ4v) is 2.92. The van der Waals surface area contributed by atoms with E-state index in [2.05, 4.69) is 26.0 Å². The molecule has 1 saturated carbocycles. The molecule has 2 unspecified atom stereocenters. The van der Waals surface area contributed by atoms with E-state index in [1.807, 2.05) is 12.1 Å². The van der Waals surface area contributed by atoms with Crippen LogP contribution in [0.2, 0.25) is 0 Å². The number of hydrogen-bond acceptors (Lipinski definition) is 2. The minimum absolute atomic E-state index is 0.107. The van der Waals surface area contributed by atoms with E-state index in [0.717, 1.165) is 23.7 Å². The van der Waals surface area contributed by atoms with Gasteiger partial charge in [0.15, 0.2) is 0 Å². The van der Waals surface area contributed by atoms with Crippen LogP contribution in [0, 0.1) is 11.8 Å². The van der Waals surface area contributed by atoms with Gasteiger partial charge in [0.05, 0.1) is 0 Å². The van der Waals surface area contributed by atoms with Crippen molar-refractivity contribution >= 4 is 11.0 Å². The Morgan fingerprint density at radius 2 is 2.06 bits per heavy atom. The largest absolute Gasteiger partial charge is 0.461 e. The highest BCUT2D eigenvalue weighted by atomic mass is 16.3. The van der Waals surface area contributed by atoms with Crippen LogP contribution >= 0.6 is 0 Å². The zero-order chi connectivity index (χ0) is 12.7. The first-order chi connectivity index (χ1) is 8.72. The van der Waals surface area contributed by atoms with Crippen LogP contribution in [-0.2, 0) is 6.42 Å². The summed E-state index contributed by atoms with van der Waals surface area (Å²) in [5.74, 6) is 2.44. The SMILES string of the molecule is CCc1oc2ccccc2c1C(N)C(C)C1CC1. The van der Waals surface area contributed by atoms with Gasteiger partial charge >= 0.3 is 0 Å². The van der Waals surface area contributed by atoms with Crippen molar-refractivity contribution in [3.63, 3.8) is 0 Å². The minimum atomic E-state index is 0.107. The smallest absolute Gasteiger partial charge is 0.134 e. The molecule has 96 valence electrons. The molecule has 1 fully saturated rings. The van der Waals surface area contributed by atoms with Gasteiger partial charge in [-0.3, -0.25) is 0 Å². The number of nitrogens with two attached hydrogens (primary N) is 1. The van der Waals surface area contributed by atoms with Crippen LogP contribution in [0.5, 0.6) is 0 Å². The summed E-state index contributed by atoms with van der Waals surface area (Å²) in [6, 6.07) is 8.36. The summed E-state index contributed by atoms with van der Waals surface area (Å²) in [6.07, 6.45) is 3.59. The summed E-state index contributed by atoms with van der Waals surface area (Å²) in [6.45, 7) is 4.42. The summed E-state index contributed by atoms with van der Waals surface area (Å²) in [5.41, 5.74) is 8.72. The molecule has 0 radical (unpaired) electrons. The van der Waals surface area contributed by atoms with Crippen molar-refractivity contribution in [1.29, 1.82) is 0 Å². The normalized spacial score (nSPS) is 19.1. The molecule has 1 aliphatic rings. The highest BCUT2D eigenvalue weighted by molar-refractivity contribution is 5.82. The molecule has 2 heteroatoms. The van der Waals surface area contributed by atoms with E-state index in [1.54, 1.807) is 0 Å². The third-order valence-corrected chi connectivity index (χ3v) is 4.30. The number of fused-ring (bicyclic) bond motifs is 1. The number of rotatable bonds is 4. The van der Waals surface area contributed by atoms with Crippen molar-refractivity contribution in [3.05, 3.63) is 35.6 Å². The Kier molecular flexibility index (Phi) is 2.90. The standard InChI is InChI=1S/C16H21NO/c1-3-13-15(16(17)10(2)11-8-9-11)12-6-4-5-7-14(12)18-13/h4-7,10-11,16H,3,8-9,17H2,1-2H3. The molecule has 2 atom stereocenters. The maximum atomic E-state index is 6.51. The molecule has 1 aromatic heterocycles. The van der Waals surface area contributed by atoms with Crippen molar-refractivity contribution in [2.75, 3.05) is 0 Å². The van der Waals surface area contributed by atoms with Gasteiger partial charge in [-0.1, -0.05) is 32.0 Å². The van der Waals surface area contributed by atoms with Crippen LogP contribution in [0.1, 0.15) is 44.1 Å². The fourth-order valence-electron chi connectivity index (χ4n) is 2.92. The van der Waals surface area contributed by atoms with Gasteiger partial charge in [0.25, 0.3) is 0 Å². The Morgan fingerprint density at radius 3 is 2.72 bits per heavy atom. The molecule has 2 N–H and O–H groups in total. The molecule has 1 aromatic carbocycles. The van der Waals surface area contributed by atoms with Crippen molar-refractivity contribution in [3.8, 4) is 0 Å². The molecule has 2 aromatic rings. The van der Waals surface area contributed by atoms with Crippen LogP contribution < -0.4 is 5.73 Å². The first kappa shape index (κ1) is 11.8. The van der Waals surface area contributed by atoms with Crippen LogP contribution in [-0.4, -0.2) is 0 Å². The maximum Gasteiger partial charge on any atom is 0.134 e. The Hall–Kier alpha value is -1.28. The zero-order valence-electron chi connectivity index (χ0n) is 11.1. The van der Waals surface area contributed by atoms with E-state index in [9.17, 15) is 0 Å². The van der Waals surface area contributed by atoms with E-state index in [4.69, 9.17) is 10.2 Å². The lowest BCUT2D eigenvalue weighted by atomic mass is 9.89. The molecule has 0 saturated heterocycles. The van der Waals surface area contributed by atoms with Crippen molar-refractivity contribution < 1.29 is 4.42 Å². The molecule has 1 aliphatic carbocycles. The van der Waals surface area contributed by atoms with E-state index in [-0.39, 0.29) is 6.04 Å². The Balaban J connectivity index is 2.07. The minimum Gasteiger partial charge on any atom is -0.461 e. The molecular weight excluding hydrogens is 222 g/mol. The first-order valence-corrected chi connectivity index (χ1v) is 6.98. The zero-order valence-corrected chi connectivity index (χ0v) is 11.1. The third kappa shape index (κ3) is 1.85. The molecule has 2 nitrogen and oxygen atoms in total. The average molecular weight is 243 g/mol. The number of benzene rings is 1. The molecule has 0 amide bonds. The van der Waals surface area contributed by atoms with Crippen LogP contribution in [0.4, 0.5) is 0 Å². The first-order valence-electron chi connectivity index (χ1n) is 6.98. The topological polar surface area (TPSA) is 39.2 Å². The highest BCUT2D eigenvalue weighted by Crippen LogP contribution is 2.44. The summed E-state index contributed by atoms with van der Waals surface area (Å²) >= 11 is 0. The quantitative estimate of drug-likeness (QED) is 0.880. The summed E-state index contributed by atoms with van der Waals surface area (Å²) in [5, 5.41) is 1.20. The van der Waals surface area contributed by atoms with Crippen molar-refractivity contribution in [2.45, 2.75) is 39.2 Å². The molecule has 0 bridgehead atoms. The van der Waals surface area contributed by atoms with Crippen molar-refractivity contribution in [2.24, 2.45) is 17.6 Å². The van der Waals surface area contributed by atoms with E-state index in [1.165, 1.54) is 23.8 Å². The lowest BCUT2D eigenvalue weighted by Crippen LogP contribution is -2.21. The van der Waals surface area contributed by atoms with E-state index >= 15 is 0 Å². The second kappa shape index (κ2) is 4.43. The highest BCUT2D eigenvalue weighted by Gasteiger charge is 2.34. The number of furan rings is 1. The fraction of sp³-hybridized carbons (Fsp3) is 0.500. The van der Waals surface area contributed by atoms with Gasteiger partial charge in [-0.05, 0) is 30.7 Å².